The highest BCUT2D eigenvalue weighted by atomic mass is 16.1. The standard InChI is InChI=1S/C18H22N2O/c21-18(19-12-11-14-5-1-2-6-14)10-9-15-13-20-17-8-4-3-7-16(15)17/h3-5,7-8,13,20H,1-2,6,9-12H2,(H,19,21). The van der Waals surface area contributed by atoms with Crippen LogP contribution in [-0.4, -0.2) is 17.4 Å². The highest BCUT2D eigenvalue weighted by Gasteiger charge is 2.08. The maximum atomic E-state index is 11.9. The molecule has 0 bridgehead atoms. The minimum atomic E-state index is 0.152. The molecule has 0 atom stereocenters. The van der Waals surface area contributed by atoms with Gasteiger partial charge in [-0.25, -0.2) is 0 Å². The molecule has 1 amide bonds. The maximum absolute atomic E-state index is 11.9. The van der Waals surface area contributed by atoms with Crippen molar-refractivity contribution in [2.24, 2.45) is 0 Å². The fraction of sp³-hybridized carbons (Fsp3) is 0.389. The molecule has 0 spiro atoms. The van der Waals surface area contributed by atoms with Crippen molar-refractivity contribution >= 4 is 16.8 Å². The van der Waals surface area contributed by atoms with E-state index in [1.165, 1.54) is 35.8 Å². The van der Waals surface area contributed by atoms with Crippen LogP contribution in [0.2, 0.25) is 0 Å². The van der Waals surface area contributed by atoms with Crippen molar-refractivity contribution in [1.29, 1.82) is 0 Å². The number of hydrogen-bond donors (Lipinski definition) is 2. The van der Waals surface area contributed by atoms with Crippen molar-refractivity contribution in [2.45, 2.75) is 38.5 Å². The summed E-state index contributed by atoms with van der Waals surface area (Å²) in [7, 11) is 0. The molecule has 1 heterocycles. The van der Waals surface area contributed by atoms with Crippen molar-refractivity contribution < 1.29 is 4.79 Å². The smallest absolute Gasteiger partial charge is 0.220 e. The number of carbonyl (C=O) groups is 1. The normalized spacial score (nSPS) is 14.4. The summed E-state index contributed by atoms with van der Waals surface area (Å²) < 4.78 is 0. The molecule has 1 aliphatic rings. The van der Waals surface area contributed by atoms with Crippen LogP contribution in [0.4, 0.5) is 0 Å². The van der Waals surface area contributed by atoms with Gasteiger partial charge in [-0.3, -0.25) is 4.79 Å². The third-order valence-electron chi connectivity index (χ3n) is 4.20. The Kier molecular flexibility index (Phi) is 4.39. The molecule has 0 radical (unpaired) electrons. The molecule has 0 aliphatic heterocycles. The Hall–Kier alpha value is -2.03. The van der Waals surface area contributed by atoms with Crippen molar-refractivity contribution in [3.05, 3.63) is 47.7 Å². The minimum Gasteiger partial charge on any atom is -0.361 e. The Morgan fingerprint density at radius 3 is 3.00 bits per heavy atom. The molecular weight excluding hydrogens is 260 g/mol. The van der Waals surface area contributed by atoms with Crippen LogP contribution in [-0.2, 0) is 11.2 Å². The van der Waals surface area contributed by atoms with Crippen LogP contribution < -0.4 is 5.32 Å². The lowest BCUT2D eigenvalue weighted by atomic mass is 10.1. The van der Waals surface area contributed by atoms with E-state index in [1.54, 1.807) is 0 Å². The quantitative estimate of drug-likeness (QED) is 0.779. The summed E-state index contributed by atoms with van der Waals surface area (Å²) >= 11 is 0. The van der Waals surface area contributed by atoms with Gasteiger partial charge in [-0.1, -0.05) is 29.8 Å². The van der Waals surface area contributed by atoms with Crippen molar-refractivity contribution in [3.8, 4) is 0 Å². The number of rotatable bonds is 6. The van der Waals surface area contributed by atoms with E-state index in [0.29, 0.717) is 6.42 Å². The van der Waals surface area contributed by atoms with Gasteiger partial charge in [-0.05, 0) is 43.7 Å². The molecule has 1 aliphatic carbocycles. The predicted octanol–water partition coefficient (Wildman–Crippen LogP) is 3.72. The Morgan fingerprint density at radius 1 is 1.24 bits per heavy atom. The molecule has 0 fully saturated rings. The average molecular weight is 282 g/mol. The molecule has 21 heavy (non-hydrogen) atoms. The number of nitrogens with one attached hydrogen (secondary N) is 2. The number of amides is 1. The SMILES string of the molecule is O=C(CCc1c[nH]c2ccccc12)NCCC1=CCCC1. The van der Waals surface area contributed by atoms with Gasteiger partial charge in [-0.15, -0.1) is 0 Å². The highest BCUT2D eigenvalue weighted by Crippen LogP contribution is 2.20. The van der Waals surface area contributed by atoms with Crippen molar-refractivity contribution in [1.82, 2.24) is 10.3 Å². The second-order valence-electron chi connectivity index (χ2n) is 5.71. The van der Waals surface area contributed by atoms with E-state index in [4.69, 9.17) is 0 Å². The third-order valence-corrected chi connectivity index (χ3v) is 4.20. The highest BCUT2D eigenvalue weighted by molar-refractivity contribution is 5.84. The van der Waals surface area contributed by atoms with E-state index in [0.717, 1.165) is 24.9 Å². The van der Waals surface area contributed by atoms with Crippen LogP contribution in [0.25, 0.3) is 10.9 Å². The third kappa shape index (κ3) is 3.54. The van der Waals surface area contributed by atoms with Gasteiger partial charge in [0.15, 0.2) is 0 Å². The molecular formula is C18H22N2O. The first-order chi connectivity index (χ1) is 10.3. The van der Waals surface area contributed by atoms with E-state index in [2.05, 4.69) is 28.5 Å². The largest absolute Gasteiger partial charge is 0.361 e. The molecule has 3 heteroatoms. The van der Waals surface area contributed by atoms with E-state index < -0.39 is 0 Å². The van der Waals surface area contributed by atoms with E-state index in [9.17, 15) is 4.79 Å². The summed E-state index contributed by atoms with van der Waals surface area (Å²) in [5, 5.41) is 4.25. The molecule has 2 N–H and O–H groups in total. The maximum Gasteiger partial charge on any atom is 0.220 e. The molecule has 3 nitrogen and oxygen atoms in total. The number of hydrogen-bond acceptors (Lipinski definition) is 1. The topological polar surface area (TPSA) is 44.9 Å². The number of fused-ring (bicyclic) bond motifs is 1. The van der Waals surface area contributed by atoms with Crippen molar-refractivity contribution in [2.75, 3.05) is 6.54 Å². The fourth-order valence-corrected chi connectivity index (χ4v) is 3.00. The lowest BCUT2D eigenvalue weighted by Gasteiger charge is -2.05. The second-order valence-corrected chi connectivity index (χ2v) is 5.71. The molecule has 1 aromatic carbocycles. The first kappa shape index (κ1) is 13.9. The van der Waals surface area contributed by atoms with Gasteiger partial charge in [0, 0.05) is 30.1 Å². The van der Waals surface area contributed by atoms with Gasteiger partial charge in [0.25, 0.3) is 0 Å². The fourth-order valence-electron chi connectivity index (χ4n) is 3.00. The first-order valence-corrected chi connectivity index (χ1v) is 7.82. The van der Waals surface area contributed by atoms with Gasteiger partial charge in [0.2, 0.25) is 5.91 Å². The van der Waals surface area contributed by atoms with Crippen LogP contribution in [0.5, 0.6) is 0 Å². The molecule has 110 valence electrons. The number of aryl methyl sites for hydroxylation is 1. The van der Waals surface area contributed by atoms with Crippen LogP contribution in [0.1, 0.15) is 37.7 Å². The number of allylic oxidation sites excluding steroid dienone is 1. The van der Waals surface area contributed by atoms with Crippen LogP contribution >= 0.6 is 0 Å². The van der Waals surface area contributed by atoms with Gasteiger partial charge in [0.05, 0.1) is 0 Å². The molecule has 2 aromatic rings. The summed E-state index contributed by atoms with van der Waals surface area (Å²) in [4.78, 5) is 15.2. The number of carbonyl (C=O) groups excluding carboxylic acids is 1. The predicted molar refractivity (Wildman–Crippen MR) is 86.2 cm³/mol. The van der Waals surface area contributed by atoms with E-state index in [1.807, 2.05) is 18.3 Å². The molecule has 0 saturated heterocycles. The molecule has 0 unspecified atom stereocenters. The van der Waals surface area contributed by atoms with Crippen LogP contribution in [0, 0.1) is 0 Å². The zero-order chi connectivity index (χ0) is 14.5. The Morgan fingerprint density at radius 2 is 2.14 bits per heavy atom. The summed E-state index contributed by atoms with van der Waals surface area (Å²) in [5.74, 6) is 0.152. The lowest BCUT2D eigenvalue weighted by Crippen LogP contribution is -2.24. The van der Waals surface area contributed by atoms with Crippen molar-refractivity contribution in [3.63, 3.8) is 0 Å². The number of aromatic nitrogens is 1. The molecule has 1 aromatic heterocycles. The minimum absolute atomic E-state index is 0.152. The Labute approximate surface area is 125 Å². The summed E-state index contributed by atoms with van der Waals surface area (Å²) in [6.07, 6.45) is 10.4. The molecule has 3 rings (SSSR count). The number of aromatic amines is 1. The molecule has 0 saturated carbocycles. The average Bonchev–Trinajstić information content (AvgIpc) is 3.14. The van der Waals surface area contributed by atoms with Gasteiger partial charge >= 0.3 is 0 Å². The Balaban J connectivity index is 1.45. The van der Waals surface area contributed by atoms with E-state index in [-0.39, 0.29) is 5.91 Å². The number of benzene rings is 1. The van der Waals surface area contributed by atoms with Crippen LogP contribution in [0.3, 0.4) is 0 Å². The summed E-state index contributed by atoms with van der Waals surface area (Å²) in [6.45, 7) is 0.776. The number of H-pyrrole nitrogens is 1. The second kappa shape index (κ2) is 6.61. The Bertz CT molecular complexity index is 654. The van der Waals surface area contributed by atoms with Gasteiger partial charge in [-0.2, -0.15) is 0 Å². The summed E-state index contributed by atoms with van der Waals surface area (Å²) in [5.41, 5.74) is 3.87. The number of para-hydroxylation sites is 1. The van der Waals surface area contributed by atoms with Gasteiger partial charge in [0.1, 0.15) is 0 Å². The first-order valence-electron chi connectivity index (χ1n) is 7.82. The van der Waals surface area contributed by atoms with E-state index >= 15 is 0 Å². The monoisotopic (exact) mass is 282 g/mol. The zero-order valence-corrected chi connectivity index (χ0v) is 12.3. The van der Waals surface area contributed by atoms with Crippen LogP contribution in [0.15, 0.2) is 42.1 Å². The summed E-state index contributed by atoms with van der Waals surface area (Å²) in [6, 6.07) is 8.22. The van der Waals surface area contributed by atoms with Gasteiger partial charge < -0.3 is 10.3 Å². The lowest BCUT2D eigenvalue weighted by molar-refractivity contribution is -0.121. The zero-order valence-electron chi connectivity index (χ0n) is 12.3.